The van der Waals surface area contributed by atoms with E-state index in [1.54, 1.807) is 4.68 Å². The van der Waals surface area contributed by atoms with Gasteiger partial charge in [-0.15, -0.1) is 0 Å². The van der Waals surface area contributed by atoms with Crippen LogP contribution < -0.4 is 4.74 Å². The summed E-state index contributed by atoms with van der Waals surface area (Å²) in [5.41, 5.74) is 2.02. The van der Waals surface area contributed by atoms with Crippen LogP contribution in [0.1, 0.15) is 47.8 Å². The Hall–Kier alpha value is -2.96. The summed E-state index contributed by atoms with van der Waals surface area (Å²) < 4.78 is 20.0. The number of alkyl halides is 1. The van der Waals surface area contributed by atoms with Gasteiger partial charge in [-0.2, -0.15) is 5.10 Å². The van der Waals surface area contributed by atoms with Crippen molar-refractivity contribution >= 4 is 17.0 Å². The van der Waals surface area contributed by atoms with E-state index in [9.17, 15) is 14.3 Å². The minimum Gasteiger partial charge on any atom is -0.493 e. The Morgan fingerprint density at radius 3 is 2.70 bits per heavy atom. The number of halogens is 1. The quantitative estimate of drug-likeness (QED) is 0.634. The first kappa shape index (κ1) is 17.5. The van der Waals surface area contributed by atoms with Crippen LogP contribution in [0.2, 0.25) is 0 Å². The maximum atomic E-state index is 12.5. The monoisotopic (exact) mass is 369 g/mol. The Balaban J connectivity index is 1.94. The highest BCUT2D eigenvalue weighted by molar-refractivity contribution is 5.94. The van der Waals surface area contributed by atoms with E-state index in [2.05, 4.69) is 4.98 Å². The molecule has 1 N–H and O–H groups in total. The first-order valence-corrected chi connectivity index (χ1v) is 9.10. The Kier molecular flexibility index (Phi) is 4.75. The largest absolute Gasteiger partial charge is 0.493 e. The minimum absolute atomic E-state index is 0.116. The molecule has 1 fully saturated rings. The van der Waals surface area contributed by atoms with Gasteiger partial charge < -0.3 is 9.84 Å². The SMILES string of the molecule is O=C(O)c1cc(OCCCF)c2c(C3CCC3)nn(-c3ccccc3)c2n1. The number of benzene rings is 1. The fourth-order valence-corrected chi connectivity index (χ4v) is 3.28. The summed E-state index contributed by atoms with van der Waals surface area (Å²) >= 11 is 0. The Bertz CT molecular complexity index is 968. The fourth-order valence-electron chi connectivity index (χ4n) is 3.28. The van der Waals surface area contributed by atoms with E-state index >= 15 is 0 Å². The molecular formula is C20H20FN3O3. The van der Waals surface area contributed by atoms with Crippen molar-refractivity contribution < 1.29 is 19.0 Å². The lowest BCUT2D eigenvalue weighted by Crippen LogP contribution is -2.11. The Labute approximate surface area is 155 Å². The Morgan fingerprint density at radius 2 is 2.07 bits per heavy atom. The van der Waals surface area contributed by atoms with Crippen LogP contribution in [-0.2, 0) is 0 Å². The molecular weight excluding hydrogens is 349 g/mol. The van der Waals surface area contributed by atoms with Gasteiger partial charge in [0.2, 0.25) is 0 Å². The Morgan fingerprint density at radius 1 is 1.30 bits per heavy atom. The summed E-state index contributed by atoms with van der Waals surface area (Å²) in [4.78, 5) is 15.9. The van der Waals surface area contributed by atoms with Crippen molar-refractivity contribution in [2.24, 2.45) is 0 Å². The lowest BCUT2D eigenvalue weighted by atomic mass is 9.82. The first-order valence-electron chi connectivity index (χ1n) is 9.10. The van der Waals surface area contributed by atoms with Crippen molar-refractivity contribution in [3.8, 4) is 11.4 Å². The van der Waals surface area contributed by atoms with Gasteiger partial charge in [-0.05, 0) is 25.0 Å². The molecule has 0 bridgehead atoms. The number of aromatic carboxylic acids is 1. The van der Waals surface area contributed by atoms with Gasteiger partial charge in [0, 0.05) is 18.4 Å². The zero-order valence-electron chi connectivity index (χ0n) is 14.8. The number of carbonyl (C=O) groups is 1. The van der Waals surface area contributed by atoms with Gasteiger partial charge >= 0.3 is 5.97 Å². The molecule has 27 heavy (non-hydrogen) atoms. The summed E-state index contributed by atoms with van der Waals surface area (Å²) in [6.07, 6.45) is 3.46. The van der Waals surface area contributed by atoms with Gasteiger partial charge in [0.15, 0.2) is 11.3 Å². The van der Waals surface area contributed by atoms with Gasteiger partial charge in [-0.3, -0.25) is 4.39 Å². The normalized spacial score (nSPS) is 14.3. The van der Waals surface area contributed by atoms with Gasteiger partial charge in [0.25, 0.3) is 0 Å². The highest BCUT2D eigenvalue weighted by Crippen LogP contribution is 2.42. The van der Waals surface area contributed by atoms with Gasteiger partial charge in [0.05, 0.1) is 30.0 Å². The lowest BCUT2D eigenvalue weighted by molar-refractivity contribution is 0.0690. The summed E-state index contributed by atoms with van der Waals surface area (Å²) in [7, 11) is 0. The van der Waals surface area contributed by atoms with Crippen molar-refractivity contribution in [1.29, 1.82) is 0 Å². The van der Waals surface area contributed by atoms with E-state index in [0.29, 0.717) is 17.3 Å². The summed E-state index contributed by atoms with van der Waals surface area (Å²) in [5, 5.41) is 15.0. The number of carboxylic acids is 1. The molecule has 0 saturated heterocycles. The lowest BCUT2D eigenvalue weighted by Gasteiger charge is -2.24. The fraction of sp³-hybridized carbons (Fsp3) is 0.350. The van der Waals surface area contributed by atoms with Crippen molar-refractivity contribution in [2.75, 3.05) is 13.3 Å². The summed E-state index contributed by atoms with van der Waals surface area (Å²) in [6, 6.07) is 10.9. The van der Waals surface area contributed by atoms with Gasteiger partial charge in [0.1, 0.15) is 5.75 Å². The molecule has 2 heterocycles. The first-order chi connectivity index (χ1) is 13.2. The molecule has 0 amide bonds. The third-order valence-corrected chi connectivity index (χ3v) is 4.88. The van der Waals surface area contributed by atoms with Crippen molar-refractivity contribution in [2.45, 2.75) is 31.6 Å². The summed E-state index contributed by atoms with van der Waals surface area (Å²) in [6.45, 7) is -0.311. The van der Waals surface area contributed by atoms with Crippen molar-refractivity contribution in [1.82, 2.24) is 14.8 Å². The molecule has 0 unspecified atom stereocenters. The molecule has 2 aromatic heterocycles. The second-order valence-electron chi connectivity index (χ2n) is 6.66. The number of ether oxygens (including phenoxy) is 1. The average molecular weight is 369 g/mol. The van der Waals surface area contributed by atoms with Crippen molar-refractivity contribution in [3.05, 3.63) is 47.8 Å². The van der Waals surface area contributed by atoms with Gasteiger partial charge in [-0.1, -0.05) is 24.6 Å². The molecule has 1 aromatic carbocycles. The topological polar surface area (TPSA) is 77.2 Å². The second-order valence-corrected chi connectivity index (χ2v) is 6.66. The van der Waals surface area contributed by atoms with Crippen LogP contribution in [0.5, 0.6) is 5.75 Å². The number of fused-ring (bicyclic) bond motifs is 1. The number of hydrogen-bond donors (Lipinski definition) is 1. The van der Waals surface area contributed by atoms with Crippen LogP contribution in [-0.4, -0.2) is 39.1 Å². The smallest absolute Gasteiger partial charge is 0.354 e. The molecule has 7 heteroatoms. The molecule has 0 aliphatic heterocycles. The van der Waals surface area contributed by atoms with E-state index in [4.69, 9.17) is 9.84 Å². The standard InChI is InChI=1S/C20H20FN3O3/c21-10-5-11-27-16-12-15(20(25)26)22-19-17(16)18(13-6-4-7-13)23-24(19)14-8-2-1-3-9-14/h1-3,8-9,12-13H,4-7,10-11H2,(H,25,26). The number of hydrogen-bond acceptors (Lipinski definition) is 4. The molecule has 1 aliphatic rings. The van der Waals surface area contributed by atoms with Gasteiger partial charge in [-0.25, -0.2) is 14.5 Å². The van der Waals surface area contributed by atoms with E-state index < -0.39 is 12.6 Å². The zero-order valence-corrected chi connectivity index (χ0v) is 14.8. The number of rotatable bonds is 7. The van der Waals surface area contributed by atoms with Crippen LogP contribution in [0.25, 0.3) is 16.7 Å². The van der Waals surface area contributed by atoms with E-state index in [1.165, 1.54) is 6.07 Å². The minimum atomic E-state index is -1.14. The van der Waals surface area contributed by atoms with Crippen LogP contribution in [0.3, 0.4) is 0 Å². The van der Waals surface area contributed by atoms with E-state index in [-0.39, 0.29) is 18.7 Å². The highest BCUT2D eigenvalue weighted by Gasteiger charge is 2.29. The third kappa shape index (κ3) is 3.25. The number of aromatic nitrogens is 3. The maximum absolute atomic E-state index is 12.5. The molecule has 1 saturated carbocycles. The average Bonchev–Trinajstić information content (AvgIpc) is 3.00. The van der Waals surface area contributed by atoms with Crippen LogP contribution in [0.15, 0.2) is 36.4 Å². The number of pyridine rings is 1. The molecule has 0 atom stereocenters. The molecule has 4 rings (SSSR count). The van der Waals surface area contributed by atoms with Crippen LogP contribution in [0, 0.1) is 0 Å². The van der Waals surface area contributed by atoms with E-state index in [1.807, 2.05) is 30.3 Å². The second kappa shape index (κ2) is 7.34. The highest BCUT2D eigenvalue weighted by atomic mass is 19.1. The third-order valence-electron chi connectivity index (χ3n) is 4.88. The van der Waals surface area contributed by atoms with E-state index in [0.717, 1.165) is 36.0 Å². The summed E-state index contributed by atoms with van der Waals surface area (Å²) in [5.74, 6) is -0.424. The molecule has 140 valence electrons. The van der Waals surface area contributed by atoms with Crippen molar-refractivity contribution in [3.63, 3.8) is 0 Å². The predicted octanol–water partition coefficient (Wildman–Crippen LogP) is 4.12. The predicted molar refractivity (Wildman–Crippen MR) is 98.5 cm³/mol. The number of para-hydroxylation sites is 1. The molecule has 0 radical (unpaired) electrons. The maximum Gasteiger partial charge on any atom is 0.354 e. The zero-order chi connectivity index (χ0) is 18.8. The number of nitrogens with zero attached hydrogens (tertiary/aromatic N) is 3. The molecule has 6 nitrogen and oxygen atoms in total. The number of carboxylic acid groups (broad SMARTS) is 1. The molecule has 1 aliphatic carbocycles. The van der Waals surface area contributed by atoms with Crippen LogP contribution in [0.4, 0.5) is 4.39 Å². The molecule has 3 aromatic rings. The van der Waals surface area contributed by atoms with Crippen LogP contribution >= 0.6 is 0 Å². The molecule has 0 spiro atoms.